The number of hydrogen-bond acceptors (Lipinski definition) is 9. The number of hydrogen-bond donors (Lipinski definition) is 3. The number of nitrogens with zero attached hydrogens (tertiary/aromatic N) is 2. The maximum Gasteiger partial charge on any atom is 0.343 e. The van der Waals surface area contributed by atoms with E-state index < -0.39 is 18.2 Å². The van der Waals surface area contributed by atoms with Gasteiger partial charge in [-0.05, 0) is 72.6 Å². The van der Waals surface area contributed by atoms with Crippen LogP contribution < -0.4 is 14.8 Å². The number of nitrogens with one attached hydrogen (secondary N) is 1. The molecule has 10 nitrogen and oxygen atoms in total. The zero-order valence-electron chi connectivity index (χ0n) is 25.1. The van der Waals surface area contributed by atoms with Crippen LogP contribution in [0.3, 0.4) is 0 Å². The van der Waals surface area contributed by atoms with Crippen molar-refractivity contribution in [1.29, 1.82) is 0 Å². The SMILES string of the molecule is CCCCCCCOc1ccc(C(=O)Oc2ccc(CN(CC(O)O)C(=O)c3ccc(NC(=O)c4nccs4)cc3)cc2)cc1. The first kappa shape index (κ1) is 33.3. The Balaban J connectivity index is 1.30. The number of esters is 1. The van der Waals surface area contributed by atoms with Crippen LogP contribution in [0.2, 0.25) is 0 Å². The van der Waals surface area contributed by atoms with E-state index in [4.69, 9.17) is 9.47 Å². The van der Waals surface area contributed by atoms with Gasteiger partial charge >= 0.3 is 5.97 Å². The molecular weight excluding hydrogens is 594 g/mol. The Labute approximate surface area is 266 Å². The van der Waals surface area contributed by atoms with Crippen LogP contribution in [0.5, 0.6) is 11.5 Å². The minimum absolute atomic E-state index is 0.0767. The standard InChI is InChI=1S/C34H37N3O7S/c1-2-3-4-5-6-20-43-28-17-11-26(12-18-28)34(42)44-29-15-7-24(8-16-29)22-37(23-30(38)39)33(41)25-9-13-27(14-10-25)36-31(40)32-35-19-21-45-32/h7-19,21,30,38-39H,2-6,20,22-23H2,1H3,(H,36,40). The third kappa shape index (κ3) is 10.5. The van der Waals surface area contributed by atoms with Crippen LogP contribution >= 0.6 is 11.3 Å². The molecule has 4 rings (SSSR count). The summed E-state index contributed by atoms with van der Waals surface area (Å²) < 4.78 is 11.3. The van der Waals surface area contributed by atoms with Gasteiger partial charge in [0.15, 0.2) is 11.3 Å². The average Bonchev–Trinajstić information content (AvgIpc) is 3.59. The van der Waals surface area contributed by atoms with Gasteiger partial charge < -0.3 is 29.9 Å². The van der Waals surface area contributed by atoms with Gasteiger partial charge in [0.2, 0.25) is 0 Å². The summed E-state index contributed by atoms with van der Waals surface area (Å²) in [5, 5.41) is 24.0. The number of carbonyl (C=O) groups is 3. The summed E-state index contributed by atoms with van der Waals surface area (Å²) in [4.78, 5) is 43.4. The second-order valence-corrected chi connectivity index (χ2v) is 11.3. The van der Waals surface area contributed by atoms with Crippen LogP contribution in [-0.4, -0.2) is 57.3 Å². The number of carbonyl (C=O) groups excluding carboxylic acids is 3. The molecule has 0 fully saturated rings. The number of aromatic nitrogens is 1. The molecule has 4 aromatic rings. The number of benzene rings is 3. The van der Waals surface area contributed by atoms with E-state index in [-0.39, 0.29) is 19.0 Å². The van der Waals surface area contributed by atoms with Crippen LogP contribution in [0.25, 0.3) is 0 Å². The summed E-state index contributed by atoms with van der Waals surface area (Å²) in [5.41, 5.74) is 1.86. The minimum atomic E-state index is -1.74. The third-order valence-electron chi connectivity index (χ3n) is 6.80. The van der Waals surface area contributed by atoms with Crippen LogP contribution in [0, 0.1) is 0 Å². The average molecular weight is 632 g/mol. The van der Waals surface area contributed by atoms with Crippen molar-refractivity contribution in [1.82, 2.24) is 9.88 Å². The molecule has 45 heavy (non-hydrogen) atoms. The molecule has 3 aromatic carbocycles. The van der Waals surface area contributed by atoms with Gasteiger partial charge in [-0.2, -0.15) is 0 Å². The Hall–Kier alpha value is -4.58. The molecule has 0 saturated heterocycles. The summed E-state index contributed by atoms with van der Waals surface area (Å²) in [6.07, 6.45) is 5.58. The molecule has 0 atom stereocenters. The van der Waals surface area contributed by atoms with Crippen molar-refractivity contribution in [2.75, 3.05) is 18.5 Å². The van der Waals surface area contributed by atoms with Gasteiger partial charge in [0.25, 0.3) is 11.8 Å². The highest BCUT2D eigenvalue weighted by atomic mass is 32.1. The van der Waals surface area contributed by atoms with Crippen LogP contribution in [0.15, 0.2) is 84.4 Å². The van der Waals surface area contributed by atoms with E-state index in [1.54, 1.807) is 84.4 Å². The predicted octanol–water partition coefficient (Wildman–Crippen LogP) is 5.92. The fraction of sp³-hybridized carbons (Fsp3) is 0.294. The minimum Gasteiger partial charge on any atom is -0.494 e. The van der Waals surface area contributed by atoms with Crippen molar-refractivity contribution in [2.24, 2.45) is 0 Å². The Kier molecular flexibility index (Phi) is 12.6. The molecule has 0 radical (unpaired) electrons. The Morgan fingerprint density at radius 3 is 2.18 bits per heavy atom. The van der Waals surface area contributed by atoms with Crippen molar-refractivity contribution in [2.45, 2.75) is 51.9 Å². The van der Waals surface area contributed by atoms with Gasteiger partial charge in [-0.15, -0.1) is 11.3 Å². The lowest BCUT2D eigenvalue weighted by Crippen LogP contribution is -2.37. The molecule has 236 valence electrons. The van der Waals surface area contributed by atoms with Crippen molar-refractivity contribution in [3.63, 3.8) is 0 Å². The van der Waals surface area contributed by atoms with Crippen LogP contribution in [0.4, 0.5) is 5.69 Å². The van der Waals surface area contributed by atoms with Gasteiger partial charge in [-0.3, -0.25) is 9.59 Å². The highest BCUT2D eigenvalue weighted by Gasteiger charge is 2.19. The van der Waals surface area contributed by atoms with E-state index in [9.17, 15) is 24.6 Å². The number of amides is 2. The Morgan fingerprint density at radius 1 is 0.867 bits per heavy atom. The van der Waals surface area contributed by atoms with E-state index >= 15 is 0 Å². The largest absolute Gasteiger partial charge is 0.494 e. The normalized spacial score (nSPS) is 10.8. The smallest absolute Gasteiger partial charge is 0.343 e. The third-order valence-corrected chi connectivity index (χ3v) is 7.57. The fourth-order valence-corrected chi connectivity index (χ4v) is 4.98. The molecular formula is C34H37N3O7S. The van der Waals surface area contributed by atoms with Crippen LogP contribution in [0.1, 0.15) is 75.1 Å². The molecule has 11 heteroatoms. The van der Waals surface area contributed by atoms with Crippen molar-refractivity contribution in [3.05, 3.63) is 106 Å². The monoisotopic (exact) mass is 631 g/mol. The number of aliphatic hydroxyl groups is 2. The molecule has 0 unspecified atom stereocenters. The number of anilines is 1. The molecule has 0 spiro atoms. The highest BCUT2D eigenvalue weighted by molar-refractivity contribution is 7.11. The van der Waals surface area contributed by atoms with E-state index in [0.29, 0.717) is 45.5 Å². The number of aliphatic hydroxyl groups excluding tert-OH is 1. The van der Waals surface area contributed by atoms with Crippen molar-refractivity contribution < 1.29 is 34.1 Å². The lowest BCUT2D eigenvalue weighted by molar-refractivity contribution is -0.0577. The van der Waals surface area contributed by atoms with Crippen LogP contribution in [-0.2, 0) is 6.54 Å². The summed E-state index contributed by atoms with van der Waals surface area (Å²) >= 11 is 1.22. The molecule has 1 heterocycles. The molecule has 0 aliphatic rings. The highest BCUT2D eigenvalue weighted by Crippen LogP contribution is 2.20. The zero-order valence-corrected chi connectivity index (χ0v) is 25.9. The van der Waals surface area contributed by atoms with E-state index in [0.717, 1.165) is 12.8 Å². The number of thiazole rings is 1. The first-order valence-electron chi connectivity index (χ1n) is 14.8. The van der Waals surface area contributed by atoms with Gasteiger partial charge in [0.05, 0.1) is 18.7 Å². The summed E-state index contributed by atoms with van der Waals surface area (Å²) in [6, 6.07) is 19.7. The Morgan fingerprint density at radius 2 is 1.53 bits per heavy atom. The summed E-state index contributed by atoms with van der Waals surface area (Å²) in [5.74, 6) is -0.269. The van der Waals surface area contributed by atoms with Crippen molar-refractivity contribution >= 4 is 34.8 Å². The van der Waals surface area contributed by atoms with E-state index in [1.807, 2.05) is 0 Å². The molecule has 0 aliphatic carbocycles. The van der Waals surface area contributed by atoms with Gasteiger partial charge in [-0.25, -0.2) is 9.78 Å². The summed E-state index contributed by atoms with van der Waals surface area (Å²) in [6.45, 7) is 2.58. The van der Waals surface area contributed by atoms with E-state index in [1.165, 1.54) is 35.5 Å². The zero-order chi connectivity index (χ0) is 32.0. The number of unbranched alkanes of at least 4 members (excludes halogenated alkanes) is 4. The Bertz CT molecular complexity index is 1510. The topological polar surface area (TPSA) is 138 Å². The summed E-state index contributed by atoms with van der Waals surface area (Å²) in [7, 11) is 0. The first-order chi connectivity index (χ1) is 21.8. The first-order valence-corrected chi connectivity index (χ1v) is 15.7. The van der Waals surface area contributed by atoms with Crippen molar-refractivity contribution in [3.8, 4) is 11.5 Å². The fourth-order valence-electron chi connectivity index (χ4n) is 4.45. The lowest BCUT2D eigenvalue weighted by Gasteiger charge is -2.24. The molecule has 1 aromatic heterocycles. The lowest BCUT2D eigenvalue weighted by atomic mass is 10.1. The predicted molar refractivity (Wildman–Crippen MR) is 172 cm³/mol. The molecule has 0 aliphatic heterocycles. The molecule has 2 amide bonds. The molecule has 3 N–H and O–H groups in total. The molecule has 0 saturated carbocycles. The number of ether oxygens (including phenoxy) is 2. The quantitative estimate of drug-likeness (QED) is 0.0600. The van der Waals surface area contributed by atoms with Gasteiger partial charge in [-0.1, -0.05) is 44.7 Å². The second-order valence-electron chi connectivity index (χ2n) is 10.4. The van der Waals surface area contributed by atoms with E-state index in [2.05, 4.69) is 17.2 Å². The maximum absolute atomic E-state index is 13.2. The second kappa shape index (κ2) is 17.0. The maximum atomic E-state index is 13.2. The van der Waals surface area contributed by atoms with Gasteiger partial charge in [0, 0.05) is 29.4 Å². The number of rotatable bonds is 16. The molecule has 0 bridgehead atoms. The van der Waals surface area contributed by atoms with Gasteiger partial charge in [0.1, 0.15) is 11.5 Å².